The first-order valence-electron chi connectivity index (χ1n) is 16.8. The van der Waals surface area contributed by atoms with Crippen molar-refractivity contribution in [3.63, 3.8) is 0 Å². The molecule has 52 heavy (non-hydrogen) atoms. The van der Waals surface area contributed by atoms with E-state index in [1.807, 2.05) is 114 Å². The Kier molecular flexibility index (Phi) is 7.19. The smallest absolute Gasteiger partial charge is 0.308 e. The number of benzene rings is 7. The Hall–Kier alpha value is -6.73. The fourth-order valence-electron chi connectivity index (χ4n) is 7.59. The molecule has 0 bridgehead atoms. The number of rotatable bonds is 5. The highest BCUT2D eigenvalue weighted by Gasteiger charge is 2.42. The van der Waals surface area contributed by atoms with Gasteiger partial charge in [0.25, 0.3) is 11.8 Å². The van der Waals surface area contributed by atoms with E-state index in [2.05, 4.69) is 0 Å². The van der Waals surface area contributed by atoms with Crippen LogP contribution in [0.2, 0.25) is 0 Å². The van der Waals surface area contributed by atoms with Crippen molar-refractivity contribution in [1.29, 1.82) is 0 Å². The van der Waals surface area contributed by atoms with E-state index >= 15 is 4.79 Å². The van der Waals surface area contributed by atoms with Crippen LogP contribution in [0.25, 0.3) is 60.9 Å². The molecule has 0 N–H and O–H groups in total. The highest BCUT2D eigenvalue weighted by molar-refractivity contribution is 6.37. The molecular formula is C45H27F3N2O2. The molecule has 1 aromatic heterocycles. The molecule has 7 heteroatoms. The molecule has 250 valence electrons. The second kappa shape index (κ2) is 12.0. The first kappa shape index (κ1) is 31.3. The van der Waals surface area contributed by atoms with Gasteiger partial charge in [-0.3, -0.25) is 9.59 Å². The Morgan fingerprint density at radius 1 is 0.442 bits per heavy atom. The van der Waals surface area contributed by atoms with Gasteiger partial charge in [-0.25, -0.2) is 4.90 Å². The zero-order chi connectivity index (χ0) is 35.6. The lowest BCUT2D eigenvalue weighted by molar-refractivity contribution is -0.137. The van der Waals surface area contributed by atoms with E-state index in [1.165, 1.54) is 17.0 Å². The van der Waals surface area contributed by atoms with Gasteiger partial charge in [-0.1, -0.05) is 140 Å². The number of halogens is 3. The van der Waals surface area contributed by atoms with E-state index in [0.717, 1.165) is 28.0 Å². The van der Waals surface area contributed by atoms with Gasteiger partial charge in [0.1, 0.15) is 0 Å². The molecule has 1 aliphatic heterocycles. The summed E-state index contributed by atoms with van der Waals surface area (Å²) in [5.74, 6) is -0.999. The Labute approximate surface area is 296 Å². The van der Waals surface area contributed by atoms with Gasteiger partial charge >= 0.3 is 6.18 Å². The van der Waals surface area contributed by atoms with Crippen LogP contribution in [0.15, 0.2) is 164 Å². The van der Waals surface area contributed by atoms with Crippen LogP contribution in [-0.4, -0.2) is 16.4 Å². The molecule has 0 fully saturated rings. The van der Waals surface area contributed by atoms with Crippen LogP contribution in [0.4, 0.5) is 18.9 Å². The molecular weight excluding hydrogens is 658 g/mol. The van der Waals surface area contributed by atoms with E-state index in [4.69, 9.17) is 0 Å². The highest BCUT2D eigenvalue weighted by Crippen LogP contribution is 2.46. The molecule has 2 heterocycles. The Balaban J connectivity index is 1.32. The lowest BCUT2D eigenvalue weighted by Gasteiger charge is -2.23. The monoisotopic (exact) mass is 684 g/mol. The minimum Gasteiger partial charge on any atom is -0.308 e. The summed E-state index contributed by atoms with van der Waals surface area (Å²) < 4.78 is 45.2. The highest BCUT2D eigenvalue weighted by atomic mass is 19.4. The normalized spacial score (nSPS) is 12.9. The lowest BCUT2D eigenvalue weighted by atomic mass is 9.95. The van der Waals surface area contributed by atoms with Crippen molar-refractivity contribution < 1.29 is 22.8 Å². The van der Waals surface area contributed by atoms with Crippen LogP contribution in [0.5, 0.6) is 0 Å². The SMILES string of the molecule is O=C1c2cccc(-n3c4ccccc4c4cccc(-c5ccccc5C(F)(F)F)c43)c2C(=O)N1c1c(-c2ccccc2)cccc1-c1ccccc1. The molecule has 0 unspecified atom stereocenters. The topological polar surface area (TPSA) is 42.3 Å². The fourth-order valence-corrected chi connectivity index (χ4v) is 7.59. The summed E-state index contributed by atoms with van der Waals surface area (Å²) >= 11 is 0. The van der Waals surface area contributed by atoms with Crippen molar-refractivity contribution in [2.75, 3.05) is 4.90 Å². The van der Waals surface area contributed by atoms with Crippen molar-refractivity contribution in [3.05, 3.63) is 180 Å². The second-order valence-electron chi connectivity index (χ2n) is 12.7. The van der Waals surface area contributed by atoms with Crippen LogP contribution in [0.3, 0.4) is 0 Å². The van der Waals surface area contributed by atoms with Gasteiger partial charge in [0.2, 0.25) is 0 Å². The molecule has 4 nitrogen and oxygen atoms in total. The van der Waals surface area contributed by atoms with Gasteiger partial charge in [-0.05, 0) is 41.0 Å². The van der Waals surface area contributed by atoms with E-state index in [1.54, 1.807) is 36.4 Å². The number of para-hydroxylation sites is 3. The Morgan fingerprint density at radius 3 is 1.65 bits per heavy atom. The third-order valence-electron chi connectivity index (χ3n) is 9.78. The molecule has 2 amide bonds. The summed E-state index contributed by atoms with van der Waals surface area (Å²) in [5.41, 5.74) is 5.14. The summed E-state index contributed by atoms with van der Waals surface area (Å²) in [6, 6.07) is 48.4. The quantitative estimate of drug-likeness (QED) is 0.169. The maximum Gasteiger partial charge on any atom is 0.417 e. The van der Waals surface area contributed by atoms with Crippen LogP contribution in [0, 0.1) is 0 Å². The van der Waals surface area contributed by atoms with Crippen LogP contribution in [0.1, 0.15) is 26.3 Å². The van der Waals surface area contributed by atoms with Crippen molar-refractivity contribution in [2.24, 2.45) is 0 Å². The van der Waals surface area contributed by atoms with E-state index in [0.29, 0.717) is 39.1 Å². The average Bonchev–Trinajstić information content (AvgIpc) is 3.65. The standard InChI is InChI=1S/C45H27F3N2O2/c46-45(47,48)37-25-9-7-18-32(37)34-22-12-23-35-33-19-8-10-26-38(33)49(42(34)35)39-27-13-24-36-40(39)44(52)50(43(36)51)41-30(28-14-3-1-4-15-28)20-11-21-31(41)29-16-5-2-6-17-29/h1-27H. The number of hydrogen-bond donors (Lipinski definition) is 0. The van der Waals surface area contributed by atoms with Gasteiger partial charge in [-0.2, -0.15) is 13.2 Å². The summed E-state index contributed by atoms with van der Waals surface area (Å²) in [6.07, 6.45) is -4.60. The van der Waals surface area contributed by atoms with E-state index in [9.17, 15) is 18.0 Å². The Morgan fingerprint density at radius 2 is 0.962 bits per heavy atom. The molecule has 9 rings (SSSR count). The zero-order valence-electron chi connectivity index (χ0n) is 27.4. The molecule has 0 atom stereocenters. The van der Waals surface area contributed by atoms with Crippen molar-refractivity contribution >= 4 is 39.3 Å². The van der Waals surface area contributed by atoms with Gasteiger partial charge in [-0.15, -0.1) is 0 Å². The van der Waals surface area contributed by atoms with Crippen LogP contribution >= 0.6 is 0 Å². The molecule has 7 aromatic carbocycles. The maximum atomic E-state index is 15.0. The summed E-state index contributed by atoms with van der Waals surface area (Å²) in [4.78, 5) is 30.9. The number of carbonyl (C=O) groups is 2. The van der Waals surface area contributed by atoms with Gasteiger partial charge < -0.3 is 4.57 Å². The first-order chi connectivity index (χ1) is 25.3. The molecule has 0 radical (unpaired) electrons. The number of imide groups is 1. The van der Waals surface area contributed by atoms with Crippen molar-refractivity contribution in [1.82, 2.24) is 4.57 Å². The zero-order valence-corrected chi connectivity index (χ0v) is 27.4. The number of fused-ring (bicyclic) bond motifs is 4. The molecule has 0 saturated heterocycles. The van der Waals surface area contributed by atoms with E-state index < -0.39 is 23.6 Å². The first-order valence-corrected chi connectivity index (χ1v) is 16.8. The van der Waals surface area contributed by atoms with Crippen LogP contribution in [-0.2, 0) is 6.18 Å². The number of aromatic nitrogens is 1. The summed E-state index contributed by atoms with van der Waals surface area (Å²) in [5, 5.41) is 1.52. The molecule has 0 spiro atoms. The maximum absolute atomic E-state index is 15.0. The minimum atomic E-state index is -4.60. The molecule has 8 aromatic rings. The second-order valence-corrected chi connectivity index (χ2v) is 12.7. The van der Waals surface area contributed by atoms with E-state index in [-0.39, 0.29) is 16.7 Å². The lowest BCUT2D eigenvalue weighted by Crippen LogP contribution is -2.30. The van der Waals surface area contributed by atoms with Crippen LogP contribution < -0.4 is 4.90 Å². The largest absolute Gasteiger partial charge is 0.417 e. The summed E-state index contributed by atoms with van der Waals surface area (Å²) in [7, 11) is 0. The number of amides is 2. The Bertz CT molecular complexity index is 2660. The van der Waals surface area contributed by atoms with Gasteiger partial charge in [0.15, 0.2) is 0 Å². The predicted octanol–water partition coefficient (Wildman–Crippen LogP) is 11.6. The molecule has 0 aliphatic carbocycles. The third kappa shape index (κ3) is 4.77. The average molecular weight is 685 g/mol. The number of alkyl halides is 3. The van der Waals surface area contributed by atoms with Gasteiger partial charge in [0, 0.05) is 27.5 Å². The van der Waals surface area contributed by atoms with Crippen molar-refractivity contribution in [3.8, 4) is 39.1 Å². The molecule has 0 saturated carbocycles. The van der Waals surface area contributed by atoms with Gasteiger partial charge in [0.05, 0.1) is 39.1 Å². The number of anilines is 1. The summed E-state index contributed by atoms with van der Waals surface area (Å²) in [6.45, 7) is 0. The number of carbonyl (C=O) groups excluding carboxylic acids is 2. The predicted molar refractivity (Wildman–Crippen MR) is 200 cm³/mol. The fraction of sp³-hybridized carbons (Fsp3) is 0.0222. The minimum absolute atomic E-state index is 0.0190. The third-order valence-corrected chi connectivity index (χ3v) is 9.78. The van der Waals surface area contributed by atoms with Crippen molar-refractivity contribution in [2.45, 2.75) is 6.18 Å². The molecule has 1 aliphatic rings. The number of nitrogens with zero attached hydrogens (tertiary/aromatic N) is 2. The number of hydrogen-bond acceptors (Lipinski definition) is 2.